The molecule has 6 rings (SSSR count). The molecule has 11 nitrogen and oxygen atoms in total. The predicted molar refractivity (Wildman–Crippen MR) is 169 cm³/mol. The number of sulfonamides is 1. The number of anilines is 2. The lowest BCUT2D eigenvalue weighted by Crippen LogP contribution is -2.44. The summed E-state index contributed by atoms with van der Waals surface area (Å²) in [5, 5.41) is 13.6. The third-order valence-electron chi connectivity index (χ3n) is 9.32. The molecule has 1 amide bonds. The van der Waals surface area contributed by atoms with E-state index in [0.29, 0.717) is 40.8 Å². The third-order valence-corrected chi connectivity index (χ3v) is 11.3. The quantitative estimate of drug-likeness (QED) is 0.316. The van der Waals surface area contributed by atoms with Gasteiger partial charge in [-0.3, -0.25) is 14.7 Å². The van der Waals surface area contributed by atoms with Gasteiger partial charge in [0.05, 0.1) is 34.2 Å². The van der Waals surface area contributed by atoms with E-state index in [1.165, 1.54) is 0 Å². The molecule has 3 aromatic rings. The fraction of sp³-hybridized carbons (Fsp3) is 0.469. The van der Waals surface area contributed by atoms with Crippen molar-refractivity contribution < 1.29 is 26.8 Å². The number of carbonyl (C=O) groups is 2. The fourth-order valence-corrected chi connectivity index (χ4v) is 8.34. The van der Waals surface area contributed by atoms with Crippen LogP contribution in [0.2, 0.25) is 0 Å². The molecule has 2 aromatic carbocycles. The van der Waals surface area contributed by atoms with Crippen molar-refractivity contribution in [2.75, 3.05) is 56.5 Å². The molecule has 1 unspecified atom stereocenters. The molecular formula is C32H39F2N7O4S. The number of likely N-dealkylation sites (N-methyl/N-ethyl adjacent to an activating group) is 1. The van der Waals surface area contributed by atoms with Crippen LogP contribution in [0.1, 0.15) is 54.0 Å². The van der Waals surface area contributed by atoms with Gasteiger partial charge in [-0.2, -0.15) is 9.40 Å². The molecule has 3 N–H and O–H groups in total. The van der Waals surface area contributed by atoms with Gasteiger partial charge in [-0.1, -0.05) is 0 Å². The van der Waals surface area contributed by atoms with Gasteiger partial charge in [-0.05, 0) is 70.6 Å². The Labute approximate surface area is 267 Å². The van der Waals surface area contributed by atoms with E-state index in [0.717, 1.165) is 67.7 Å². The van der Waals surface area contributed by atoms with Gasteiger partial charge in [0, 0.05) is 67.8 Å². The Morgan fingerprint density at radius 3 is 2.46 bits per heavy atom. The highest BCUT2D eigenvalue weighted by atomic mass is 32.2. The van der Waals surface area contributed by atoms with Crippen molar-refractivity contribution in [1.29, 1.82) is 0 Å². The molecule has 0 spiro atoms. The van der Waals surface area contributed by atoms with Crippen LogP contribution in [-0.4, -0.2) is 85.8 Å². The van der Waals surface area contributed by atoms with Crippen LogP contribution in [0.15, 0.2) is 41.3 Å². The molecule has 246 valence electrons. The molecule has 2 saturated heterocycles. The van der Waals surface area contributed by atoms with Crippen LogP contribution in [0, 0.1) is 17.6 Å². The number of nitrogens with one attached hydrogen (secondary N) is 3. The second kappa shape index (κ2) is 12.5. The smallest absolute Gasteiger partial charge is 0.244 e. The normalized spacial score (nSPS) is 20.5. The van der Waals surface area contributed by atoms with Gasteiger partial charge in [-0.25, -0.2) is 17.2 Å². The Morgan fingerprint density at radius 1 is 1.07 bits per heavy atom. The summed E-state index contributed by atoms with van der Waals surface area (Å²) < 4.78 is 56.2. The highest BCUT2D eigenvalue weighted by Crippen LogP contribution is 2.43. The van der Waals surface area contributed by atoms with Crippen molar-refractivity contribution in [3.8, 4) is 0 Å². The number of piperidine rings is 1. The van der Waals surface area contributed by atoms with Crippen LogP contribution in [0.4, 0.5) is 20.2 Å². The summed E-state index contributed by atoms with van der Waals surface area (Å²) in [7, 11) is -2.25. The number of hydrogen-bond donors (Lipinski definition) is 3. The summed E-state index contributed by atoms with van der Waals surface area (Å²) in [5.74, 6) is -2.62. The maximum absolute atomic E-state index is 14.0. The number of Topliss-reactive ketones (excluding diaryl/α,β-unsaturated/α-hetero) is 1. The minimum atomic E-state index is -4.32. The molecular weight excluding hydrogens is 616 g/mol. The van der Waals surface area contributed by atoms with E-state index in [-0.39, 0.29) is 30.6 Å². The lowest BCUT2D eigenvalue weighted by Gasteiger charge is -2.34. The van der Waals surface area contributed by atoms with Gasteiger partial charge >= 0.3 is 0 Å². The molecule has 46 heavy (non-hydrogen) atoms. The van der Waals surface area contributed by atoms with Gasteiger partial charge in [0.15, 0.2) is 5.78 Å². The Bertz CT molecular complexity index is 1740. The molecule has 0 bridgehead atoms. The Morgan fingerprint density at radius 2 is 1.78 bits per heavy atom. The second-order valence-electron chi connectivity index (χ2n) is 12.9. The van der Waals surface area contributed by atoms with E-state index in [2.05, 4.69) is 37.7 Å². The number of piperazine rings is 1. The lowest BCUT2D eigenvalue weighted by molar-refractivity contribution is -0.120. The Balaban J connectivity index is 1.27. The maximum Gasteiger partial charge on any atom is 0.244 e. The zero-order chi connectivity index (χ0) is 32.8. The van der Waals surface area contributed by atoms with Crippen molar-refractivity contribution in [3.05, 3.63) is 70.5 Å². The van der Waals surface area contributed by atoms with Crippen molar-refractivity contribution in [2.45, 2.75) is 50.1 Å². The number of amides is 1. The van der Waals surface area contributed by atoms with Crippen LogP contribution in [0.5, 0.6) is 0 Å². The average Bonchev–Trinajstić information content (AvgIpc) is 3.55. The third kappa shape index (κ3) is 6.18. The van der Waals surface area contributed by atoms with Gasteiger partial charge < -0.3 is 20.4 Å². The zero-order valence-electron chi connectivity index (χ0n) is 26.2. The number of nitrogens with zero attached hydrogens (tertiary/aromatic N) is 4. The number of carbonyl (C=O) groups excluding carboxylic acids is 2. The van der Waals surface area contributed by atoms with Crippen LogP contribution < -0.4 is 15.5 Å². The van der Waals surface area contributed by atoms with Crippen molar-refractivity contribution >= 4 is 33.1 Å². The van der Waals surface area contributed by atoms with Crippen LogP contribution in [0.3, 0.4) is 0 Å². The van der Waals surface area contributed by atoms with E-state index >= 15 is 0 Å². The van der Waals surface area contributed by atoms with Gasteiger partial charge in [0.2, 0.25) is 15.9 Å². The molecule has 0 radical (unpaired) electrons. The fourth-order valence-electron chi connectivity index (χ4n) is 6.58. The molecule has 4 heterocycles. The summed E-state index contributed by atoms with van der Waals surface area (Å²) in [5.41, 5.74) is 1.94. The molecule has 0 saturated carbocycles. The largest absolute Gasteiger partial charge is 0.369 e. The molecule has 1 atom stereocenters. The predicted octanol–water partition coefficient (Wildman–Crippen LogP) is 3.24. The number of fused-ring (bicyclic) bond motifs is 1. The maximum atomic E-state index is 14.0. The first-order valence-electron chi connectivity index (χ1n) is 15.5. The van der Waals surface area contributed by atoms with Crippen LogP contribution in [-0.2, 0) is 33.3 Å². The molecule has 2 fully saturated rings. The summed E-state index contributed by atoms with van der Waals surface area (Å²) in [6.45, 7) is 8.06. The number of hydrogen-bond acceptors (Lipinski definition) is 8. The lowest BCUT2D eigenvalue weighted by atomic mass is 9.97. The van der Waals surface area contributed by atoms with E-state index in [1.807, 2.05) is 12.1 Å². The van der Waals surface area contributed by atoms with Gasteiger partial charge in [0.25, 0.3) is 0 Å². The first-order valence-corrected chi connectivity index (χ1v) is 17.0. The summed E-state index contributed by atoms with van der Waals surface area (Å²) in [6, 6.07) is 7.67. The SMILES string of the molecule is CN1CCN(c2ccc(C(=O)Cc3[nH]nc4c3CN(S(=O)(=O)c3cc(F)cc(F)c3)C4(C)C)c(NC(=O)C3CCCNC3)c2)CC1. The van der Waals surface area contributed by atoms with E-state index in [4.69, 9.17) is 0 Å². The summed E-state index contributed by atoms with van der Waals surface area (Å²) in [6.07, 6.45) is 1.54. The highest BCUT2D eigenvalue weighted by molar-refractivity contribution is 7.89. The summed E-state index contributed by atoms with van der Waals surface area (Å²) in [4.78, 5) is 31.2. The average molecular weight is 656 g/mol. The van der Waals surface area contributed by atoms with Crippen molar-refractivity contribution in [1.82, 2.24) is 24.7 Å². The molecule has 0 aliphatic carbocycles. The second-order valence-corrected chi connectivity index (χ2v) is 14.7. The zero-order valence-corrected chi connectivity index (χ0v) is 27.0. The van der Waals surface area contributed by atoms with Crippen LogP contribution >= 0.6 is 0 Å². The standard InChI is InChI=1S/C32H39F2N7O4S/c1-32(2)30-26(19-41(32)46(44,45)24-14-21(33)13-22(34)15-24)28(37-38-30)17-29(42)25-7-6-23(40-11-9-39(3)10-12-40)16-27(25)36-31(43)20-5-4-8-35-18-20/h6-7,13-16,20,35H,4-5,8-12,17-19H2,1-3H3,(H,36,43)(H,37,38). The molecule has 3 aliphatic heterocycles. The first kappa shape index (κ1) is 32.2. The number of aromatic nitrogens is 2. The number of H-pyrrole nitrogens is 1. The highest BCUT2D eigenvalue weighted by Gasteiger charge is 2.48. The number of ketones is 1. The van der Waals surface area contributed by atoms with Crippen molar-refractivity contribution in [3.63, 3.8) is 0 Å². The van der Waals surface area contributed by atoms with Crippen LogP contribution in [0.25, 0.3) is 0 Å². The molecule has 14 heteroatoms. The first-order chi connectivity index (χ1) is 21.8. The van der Waals surface area contributed by atoms with E-state index < -0.39 is 32.1 Å². The van der Waals surface area contributed by atoms with E-state index in [1.54, 1.807) is 19.9 Å². The minimum Gasteiger partial charge on any atom is -0.369 e. The minimum absolute atomic E-state index is 0.122. The monoisotopic (exact) mass is 655 g/mol. The Kier molecular flexibility index (Phi) is 8.74. The number of rotatable bonds is 8. The molecule has 3 aliphatic rings. The van der Waals surface area contributed by atoms with Gasteiger partial charge in [-0.15, -0.1) is 0 Å². The Hall–Kier alpha value is -3.72. The number of aromatic amines is 1. The topological polar surface area (TPSA) is 131 Å². The van der Waals surface area contributed by atoms with Gasteiger partial charge in [0.1, 0.15) is 11.6 Å². The number of halogens is 2. The van der Waals surface area contributed by atoms with Crippen molar-refractivity contribution in [2.24, 2.45) is 5.92 Å². The molecule has 1 aromatic heterocycles. The number of benzene rings is 2. The van der Waals surface area contributed by atoms with E-state index in [9.17, 15) is 26.8 Å². The summed E-state index contributed by atoms with van der Waals surface area (Å²) >= 11 is 0.